The van der Waals surface area contributed by atoms with E-state index in [0.29, 0.717) is 12.0 Å². The zero-order chi connectivity index (χ0) is 14.9. The van der Waals surface area contributed by atoms with E-state index in [0.717, 1.165) is 43.4 Å². The number of nitrogen functional groups attached to an aromatic ring is 1. The zero-order valence-corrected chi connectivity index (χ0v) is 13.6. The van der Waals surface area contributed by atoms with Gasteiger partial charge in [0.2, 0.25) is 0 Å². The number of rotatable bonds is 5. The molecule has 0 saturated carbocycles. The molecule has 1 atom stereocenters. The third-order valence-corrected chi connectivity index (χ3v) is 4.42. The van der Waals surface area contributed by atoms with E-state index in [9.17, 15) is 0 Å². The van der Waals surface area contributed by atoms with Crippen LogP contribution in [-0.2, 0) is 7.05 Å². The molecule has 1 fully saturated rings. The summed E-state index contributed by atoms with van der Waals surface area (Å²) < 4.78 is 1.95. The van der Waals surface area contributed by atoms with Gasteiger partial charge in [0.15, 0.2) is 0 Å². The Bertz CT molecular complexity index is 447. The number of likely N-dealkylation sites (N-methyl/N-ethyl adjacent to an activating group) is 1. The molecule has 1 aromatic heterocycles. The van der Waals surface area contributed by atoms with Crippen molar-refractivity contribution in [1.82, 2.24) is 14.7 Å². The summed E-state index contributed by atoms with van der Waals surface area (Å²) in [6, 6.07) is 0.641. The first kappa shape index (κ1) is 15.2. The van der Waals surface area contributed by atoms with Crippen LogP contribution >= 0.6 is 0 Å². The molecule has 114 valence electrons. The van der Waals surface area contributed by atoms with Crippen molar-refractivity contribution >= 4 is 11.5 Å². The number of aromatic nitrogens is 2. The summed E-state index contributed by atoms with van der Waals surface area (Å²) in [5.74, 6) is 1.47. The number of anilines is 2. The molecule has 1 saturated heterocycles. The first-order valence-electron chi connectivity index (χ1n) is 7.80. The summed E-state index contributed by atoms with van der Waals surface area (Å²) in [5, 5.41) is 4.60. The van der Waals surface area contributed by atoms with Crippen molar-refractivity contribution in [3.05, 3.63) is 5.69 Å². The maximum atomic E-state index is 6.33. The largest absolute Gasteiger partial charge is 0.394 e. The first-order chi connectivity index (χ1) is 9.49. The third kappa shape index (κ3) is 2.64. The lowest BCUT2D eigenvalue weighted by molar-refractivity contribution is 0.232. The van der Waals surface area contributed by atoms with Crippen LogP contribution < -0.4 is 10.6 Å². The molecule has 1 aliphatic rings. The fourth-order valence-corrected chi connectivity index (χ4v) is 3.33. The van der Waals surface area contributed by atoms with Crippen molar-refractivity contribution in [3.63, 3.8) is 0 Å². The van der Waals surface area contributed by atoms with Gasteiger partial charge in [-0.15, -0.1) is 0 Å². The van der Waals surface area contributed by atoms with Crippen LogP contribution in [0, 0.1) is 0 Å². The molecule has 1 aromatic rings. The molecular weight excluding hydrogens is 250 g/mol. The van der Waals surface area contributed by atoms with Gasteiger partial charge in [-0.25, -0.2) is 0 Å². The van der Waals surface area contributed by atoms with E-state index in [-0.39, 0.29) is 0 Å². The normalized spacial score (nSPS) is 19.6. The van der Waals surface area contributed by atoms with E-state index >= 15 is 0 Å². The Hall–Kier alpha value is -1.23. The van der Waals surface area contributed by atoms with E-state index in [2.05, 4.69) is 42.6 Å². The summed E-state index contributed by atoms with van der Waals surface area (Å²) >= 11 is 0. The minimum absolute atomic E-state index is 0.371. The second-order valence-corrected chi connectivity index (χ2v) is 6.01. The summed E-state index contributed by atoms with van der Waals surface area (Å²) in [6.07, 6.45) is 1.21. The van der Waals surface area contributed by atoms with E-state index in [4.69, 9.17) is 5.73 Å². The highest BCUT2D eigenvalue weighted by Crippen LogP contribution is 2.33. The second-order valence-electron chi connectivity index (χ2n) is 6.01. The fourth-order valence-electron chi connectivity index (χ4n) is 3.33. The van der Waals surface area contributed by atoms with Crippen molar-refractivity contribution in [3.8, 4) is 0 Å². The summed E-state index contributed by atoms with van der Waals surface area (Å²) in [6.45, 7) is 13.1. The van der Waals surface area contributed by atoms with Crippen molar-refractivity contribution in [2.24, 2.45) is 7.05 Å². The maximum absolute atomic E-state index is 6.33. The van der Waals surface area contributed by atoms with E-state index in [1.165, 1.54) is 6.42 Å². The lowest BCUT2D eigenvalue weighted by Gasteiger charge is -2.26. The molecular formula is C15H29N5. The Morgan fingerprint density at radius 3 is 2.50 bits per heavy atom. The highest BCUT2D eigenvalue weighted by molar-refractivity contribution is 5.67. The first-order valence-corrected chi connectivity index (χ1v) is 7.80. The Morgan fingerprint density at radius 1 is 1.35 bits per heavy atom. The predicted molar refractivity (Wildman–Crippen MR) is 85.2 cm³/mol. The molecule has 2 heterocycles. The van der Waals surface area contributed by atoms with Crippen molar-refractivity contribution in [1.29, 1.82) is 0 Å². The fraction of sp³-hybridized carbons (Fsp3) is 0.800. The highest BCUT2D eigenvalue weighted by atomic mass is 15.4. The number of aryl methyl sites for hydroxylation is 1. The lowest BCUT2D eigenvalue weighted by Crippen LogP contribution is -2.37. The quantitative estimate of drug-likeness (QED) is 0.896. The van der Waals surface area contributed by atoms with Gasteiger partial charge in [-0.2, -0.15) is 5.10 Å². The molecule has 0 amide bonds. The van der Waals surface area contributed by atoms with E-state index in [1.54, 1.807) is 0 Å². The topological polar surface area (TPSA) is 50.3 Å². The summed E-state index contributed by atoms with van der Waals surface area (Å²) in [5.41, 5.74) is 8.22. The van der Waals surface area contributed by atoms with Gasteiger partial charge in [0.1, 0.15) is 5.82 Å². The van der Waals surface area contributed by atoms with Crippen LogP contribution in [0.4, 0.5) is 11.5 Å². The van der Waals surface area contributed by atoms with Crippen LogP contribution in [0.1, 0.15) is 45.7 Å². The molecule has 5 nitrogen and oxygen atoms in total. The standard InChI is InChI=1S/C15H29N5/c1-6-19(7-2)12-8-9-20(10-12)15-13(16)14(11(3)4)17-18(15)5/h11-12H,6-10,16H2,1-5H3. The highest BCUT2D eigenvalue weighted by Gasteiger charge is 2.30. The average molecular weight is 279 g/mol. The summed E-state index contributed by atoms with van der Waals surface area (Å²) in [4.78, 5) is 4.94. The summed E-state index contributed by atoms with van der Waals surface area (Å²) in [7, 11) is 2.00. The molecule has 2 rings (SSSR count). The Morgan fingerprint density at radius 2 is 2.00 bits per heavy atom. The molecule has 20 heavy (non-hydrogen) atoms. The predicted octanol–water partition coefficient (Wildman–Crippen LogP) is 2.05. The SMILES string of the molecule is CCN(CC)C1CCN(c2c(N)c(C(C)C)nn2C)C1. The molecule has 1 unspecified atom stereocenters. The molecule has 0 spiro atoms. The number of nitrogens with two attached hydrogens (primary N) is 1. The van der Waals surface area contributed by atoms with Crippen LogP contribution in [0.15, 0.2) is 0 Å². The molecule has 0 radical (unpaired) electrons. The molecule has 1 aliphatic heterocycles. The minimum Gasteiger partial charge on any atom is -0.394 e. The van der Waals surface area contributed by atoms with Gasteiger partial charge in [0.05, 0.1) is 11.4 Å². The van der Waals surface area contributed by atoms with Crippen LogP contribution in [0.3, 0.4) is 0 Å². The van der Waals surface area contributed by atoms with Crippen LogP contribution in [-0.4, -0.2) is 46.9 Å². The zero-order valence-electron chi connectivity index (χ0n) is 13.6. The van der Waals surface area contributed by atoms with Gasteiger partial charge in [-0.1, -0.05) is 27.7 Å². The Balaban J connectivity index is 2.18. The smallest absolute Gasteiger partial charge is 0.150 e. The van der Waals surface area contributed by atoms with Crippen LogP contribution in [0.25, 0.3) is 0 Å². The number of hydrogen-bond acceptors (Lipinski definition) is 4. The van der Waals surface area contributed by atoms with Crippen LogP contribution in [0.2, 0.25) is 0 Å². The molecule has 0 bridgehead atoms. The average Bonchev–Trinajstić information content (AvgIpc) is 2.96. The lowest BCUT2D eigenvalue weighted by atomic mass is 10.1. The van der Waals surface area contributed by atoms with Gasteiger partial charge in [-0.3, -0.25) is 9.58 Å². The molecule has 0 aliphatic carbocycles. The van der Waals surface area contributed by atoms with Gasteiger partial charge in [0, 0.05) is 26.2 Å². The van der Waals surface area contributed by atoms with Crippen molar-refractivity contribution in [2.75, 3.05) is 36.8 Å². The number of hydrogen-bond donors (Lipinski definition) is 1. The van der Waals surface area contributed by atoms with Gasteiger partial charge in [-0.05, 0) is 25.4 Å². The van der Waals surface area contributed by atoms with E-state index < -0.39 is 0 Å². The second kappa shape index (κ2) is 6.04. The van der Waals surface area contributed by atoms with Gasteiger partial charge >= 0.3 is 0 Å². The molecule has 2 N–H and O–H groups in total. The van der Waals surface area contributed by atoms with Crippen LogP contribution in [0.5, 0.6) is 0 Å². The number of nitrogens with zero attached hydrogens (tertiary/aromatic N) is 4. The van der Waals surface area contributed by atoms with E-state index in [1.807, 2.05) is 11.7 Å². The maximum Gasteiger partial charge on any atom is 0.150 e. The minimum atomic E-state index is 0.371. The van der Waals surface area contributed by atoms with Gasteiger partial charge < -0.3 is 10.6 Å². The third-order valence-electron chi connectivity index (χ3n) is 4.42. The Kier molecular flexibility index (Phi) is 4.58. The van der Waals surface area contributed by atoms with Crippen molar-refractivity contribution < 1.29 is 0 Å². The van der Waals surface area contributed by atoms with Crippen molar-refractivity contribution in [2.45, 2.75) is 46.1 Å². The Labute approximate surface area is 122 Å². The van der Waals surface area contributed by atoms with Gasteiger partial charge in [0.25, 0.3) is 0 Å². The monoisotopic (exact) mass is 279 g/mol. The molecule has 0 aromatic carbocycles. The molecule has 5 heteroatoms.